The lowest BCUT2D eigenvalue weighted by Crippen LogP contribution is -2.83. The largest absolute Gasteiger partial charge is 0.497 e. The number of ether oxygens (including phenoxy) is 9. The predicted octanol–water partition coefficient (Wildman–Crippen LogP) is 6.46. The molecule has 6 aromatic carbocycles. The van der Waals surface area contributed by atoms with Crippen LogP contribution in [-0.4, -0.2) is 184 Å². The number of hydrogen-bond donors (Lipinski definition) is 6. The van der Waals surface area contributed by atoms with Gasteiger partial charge >= 0.3 is 23.9 Å². The molecule has 5 atom stereocenters. The van der Waals surface area contributed by atoms with Gasteiger partial charge in [0.2, 0.25) is 17.6 Å². The molecule has 0 aromatic heterocycles. The Kier molecular flexibility index (Phi) is 25.2. The molecular weight excluding hydrogens is 1230 g/mol. The van der Waals surface area contributed by atoms with Gasteiger partial charge in [0.25, 0.3) is 0 Å². The molecule has 0 spiro atoms. The zero-order chi connectivity index (χ0) is 68.0. The summed E-state index contributed by atoms with van der Waals surface area (Å²) in [6.45, 7) is 0.287. The van der Waals surface area contributed by atoms with Crippen LogP contribution in [0.15, 0.2) is 164 Å². The number of urea groups is 1. The highest BCUT2D eigenvalue weighted by Crippen LogP contribution is 2.46. The summed E-state index contributed by atoms with van der Waals surface area (Å²) in [5, 5.41) is 43.1. The molecule has 8 rings (SSSR count). The molecule has 2 aliphatic heterocycles. The number of methoxy groups -OCH3 is 3. The van der Waals surface area contributed by atoms with Gasteiger partial charge in [-0.25, -0.2) is 9.59 Å². The molecule has 0 unspecified atom stereocenters. The highest BCUT2D eigenvalue weighted by molar-refractivity contribution is 6.13. The molecule has 2 aliphatic rings. The zero-order valence-electron chi connectivity index (χ0n) is 53.4. The van der Waals surface area contributed by atoms with Crippen LogP contribution in [-0.2, 0) is 53.2 Å². The number of carboxylic acid groups (broad SMARTS) is 1. The van der Waals surface area contributed by atoms with Crippen molar-refractivity contribution in [2.45, 2.75) is 80.7 Å². The minimum absolute atomic E-state index is 0.00286. The monoisotopic (exact) mass is 1310 g/mol. The first kappa shape index (κ1) is 71.3. The van der Waals surface area contributed by atoms with E-state index in [9.17, 15) is 53.7 Å². The Morgan fingerprint density at radius 3 is 1.58 bits per heavy atom. The lowest BCUT2D eigenvalue weighted by molar-refractivity contribution is -0.308. The van der Waals surface area contributed by atoms with Crippen molar-refractivity contribution < 1.29 is 96.3 Å². The summed E-state index contributed by atoms with van der Waals surface area (Å²) in [5.41, 5.74) is -6.57. The lowest BCUT2D eigenvalue weighted by atomic mass is 9.64. The lowest BCUT2D eigenvalue weighted by Gasteiger charge is -2.54. The molecule has 24 heteroatoms. The maximum Gasteiger partial charge on any atom is 0.338 e. The number of hydrogen-bond acceptors (Lipinski definition) is 19. The summed E-state index contributed by atoms with van der Waals surface area (Å²) in [4.78, 5) is 108. The van der Waals surface area contributed by atoms with E-state index in [0.717, 1.165) is 23.6 Å². The summed E-state index contributed by atoms with van der Waals surface area (Å²) < 4.78 is 53.0. The van der Waals surface area contributed by atoms with Gasteiger partial charge in [-0.2, -0.15) is 0 Å². The molecule has 24 nitrogen and oxygen atoms in total. The minimum Gasteiger partial charge on any atom is -0.497 e. The summed E-state index contributed by atoms with van der Waals surface area (Å²) in [7, 11) is 4.72. The zero-order valence-corrected chi connectivity index (χ0v) is 53.4. The molecule has 6 aromatic rings. The molecule has 6 N–H and O–H groups in total. The number of aliphatic carboxylic acids is 1. The Bertz CT molecular complexity index is 3420. The highest BCUT2D eigenvalue weighted by Gasteiger charge is 2.73. The quantitative estimate of drug-likeness (QED) is 0.0108. The van der Waals surface area contributed by atoms with Crippen LogP contribution in [0.2, 0.25) is 0 Å². The van der Waals surface area contributed by atoms with Gasteiger partial charge in [-0.15, -0.1) is 0 Å². The average Bonchev–Trinajstić information content (AvgIpc) is 0.701. The summed E-state index contributed by atoms with van der Waals surface area (Å²) in [6, 6.07) is 42.4. The second-order valence-corrected chi connectivity index (χ2v) is 23.0. The number of carboxylic acids is 1. The van der Waals surface area contributed by atoms with Crippen LogP contribution in [0.1, 0.15) is 93.2 Å². The van der Waals surface area contributed by atoms with Crippen LogP contribution in [0.25, 0.3) is 0 Å². The van der Waals surface area contributed by atoms with Gasteiger partial charge in [0.05, 0.1) is 71.6 Å². The molecule has 0 bridgehead atoms. The first-order valence-electron chi connectivity index (χ1n) is 31.0. The van der Waals surface area contributed by atoms with Crippen molar-refractivity contribution in [3.8, 4) is 17.2 Å². The van der Waals surface area contributed by atoms with Crippen molar-refractivity contribution in [1.82, 2.24) is 20.9 Å². The molecule has 0 aliphatic carbocycles. The fraction of sp³-hybridized carbons (Fsp3) is 0.380. The fourth-order valence-electron chi connectivity index (χ4n) is 11.5. The van der Waals surface area contributed by atoms with E-state index in [-0.39, 0.29) is 88.1 Å². The number of rotatable bonds is 35. The van der Waals surface area contributed by atoms with Crippen molar-refractivity contribution in [2.24, 2.45) is 5.41 Å². The van der Waals surface area contributed by atoms with E-state index in [4.69, 9.17) is 42.6 Å². The van der Waals surface area contributed by atoms with Crippen LogP contribution in [0, 0.1) is 5.41 Å². The third-order valence-corrected chi connectivity index (χ3v) is 16.5. The predicted molar refractivity (Wildman–Crippen MR) is 343 cm³/mol. The molecule has 504 valence electrons. The SMILES string of the molecule is COc1ccc(C(OCC2(COC(=O)CCC(=O)O)CN(C(=O)CCCCCNC(=O)NCCOCCO[C@@H]3O[C@H](COC(=O)c4ccccc4)[C@@](O)(C(=O)c4ccccc4)[C@@](O)(C(=O)c4ccccc4)[C@H]3NC(C)=O)C2)(c2ccc(OC)cc2)c2ccc(OC)cc2)cc1. The second kappa shape index (κ2) is 33.5. The number of ketones is 2. The first-order valence-corrected chi connectivity index (χ1v) is 31.0. The fourth-order valence-corrected chi connectivity index (χ4v) is 11.5. The minimum atomic E-state index is -3.24. The van der Waals surface area contributed by atoms with Gasteiger partial charge in [-0.3, -0.25) is 28.8 Å². The van der Waals surface area contributed by atoms with Crippen LogP contribution in [0.5, 0.6) is 17.2 Å². The van der Waals surface area contributed by atoms with E-state index >= 15 is 0 Å². The smallest absolute Gasteiger partial charge is 0.338 e. The third kappa shape index (κ3) is 17.4. The number of Topliss-reactive ketones (excluding diaryl/α,β-unsaturated/α-hetero) is 2. The molecule has 2 heterocycles. The molecule has 0 radical (unpaired) electrons. The number of benzene rings is 6. The Hall–Kier alpha value is -9.56. The Morgan fingerprint density at radius 1 is 0.568 bits per heavy atom. The van der Waals surface area contributed by atoms with E-state index in [1.54, 1.807) is 56.6 Å². The van der Waals surface area contributed by atoms with Gasteiger partial charge in [0.15, 0.2) is 23.3 Å². The normalized spacial score (nSPS) is 18.8. The number of esters is 2. The second-order valence-electron chi connectivity index (χ2n) is 23.0. The number of unbranched alkanes of at least 4 members (excludes halogenated alkanes) is 2. The number of nitrogens with zero attached hydrogens (tertiary/aromatic N) is 1. The van der Waals surface area contributed by atoms with E-state index in [1.807, 2.05) is 72.8 Å². The van der Waals surface area contributed by atoms with Gasteiger partial charge in [0, 0.05) is 50.7 Å². The van der Waals surface area contributed by atoms with Crippen LogP contribution >= 0.6 is 0 Å². The number of carbonyl (C=O) groups is 8. The maximum atomic E-state index is 14.8. The number of amides is 4. The van der Waals surface area contributed by atoms with Crippen molar-refractivity contribution in [2.75, 3.05) is 87.1 Å². The summed E-state index contributed by atoms with van der Waals surface area (Å²) in [5.74, 6) is -4.12. The number of nitrogens with one attached hydrogen (secondary N) is 3. The molecule has 2 saturated heterocycles. The number of carbonyl (C=O) groups excluding carboxylic acids is 7. The average molecular weight is 1310 g/mol. The third-order valence-electron chi connectivity index (χ3n) is 16.5. The molecule has 95 heavy (non-hydrogen) atoms. The molecule has 4 amide bonds. The maximum absolute atomic E-state index is 14.8. The Morgan fingerprint density at radius 2 is 1.07 bits per heavy atom. The summed E-state index contributed by atoms with van der Waals surface area (Å²) >= 11 is 0. The topological polar surface area (TPSA) is 320 Å². The van der Waals surface area contributed by atoms with Gasteiger partial charge in [0.1, 0.15) is 48.2 Å². The Labute approximate surface area is 550 Å². The standard InChI is InChI=1S/C71H80N4O20/c1-48(76)74-62-66(95-58(43-92-65(83)51-21-13-7-14-22-51)70(85,63(81)49-17-9-5-10-18-49)71(62,86)64(82)50-19-11-6-12-20-50)91-42-41-90-40-39-73-67(84)72-38-16-8-15-23-59(77)75-44-68(45-75,46-93-61(80)37-36-60(78)79)47-94-69(52-24-30-55(87-2)31-25-52,53-26-32-56(88-3)33-27-53)54-28-34-57(89-4)35-29-54/h5-7,9-14,17-22,24-35,58,62,66,85-86H,8,15-16,23,36-47H2,1-4H3,(H,74,76)(H,78,79)(H2,72,73,84)/t58-,62+,66-,70-,71+/m1/s1. The van der Waals surface area contributed by atoms with Crippen molar-refractivity contribution >= 4 is 47.3 Å². The van der Waals surface area contributed by atoms with E-state index in [1.165, 1.54) is 60.7 Å². The van der Waals surface area contributed by atoms with E-state index < -0.39 is 95.1 Å². The summed E-state index contributed by atoms with van der Waals surface area (Å²) in [6.07, 6.45) is -2.64. The van der Waals surface area contributed by atoms with E-state index in [2.05, 4.69) is 16.0 Å². The van der Waals surface area contributed by atoms with Gasteiger partial charge < -0.3 is 78.8 Å². The molecule has 0 saturated carbocycles. The van der Waals surface area contributed by atoms with Gasteiger partial charge in [-0.05, 0) is 78.1 Å². The first-order chi connectivity index (χ1) is 45.8. The molecular formula is C71H80N4O20. The highest BCUT2D eigenvalue weighted by atomic mass is 16.7. The van der Waals surface area contributed by atoms with Crippen LogP contribution < -0.4 is 30.2 Å². The van der Waals surface area contributed by atoms with Gasteiger partial charge in [-0.1, -0.05) is 122 Å². The molecule has 2 fully saturated rings. The van der Waals surface area contributed by atoms with E-state index in [0.29, 0.717) is 43.1 Å². The van der Waals surface area contributed by atoms with Crippen molar-refractivity contribution in [1.29, 1.82) is 0 Å². The van der Waals surface area contributed by atoms with Crippen LogP contribution in [0.4, 0.5) is 4.79 Å². The number of aliphatic hydroxyl groups is 2. The Balaban J connectivity index is 0.833. The van der Waals surface area contributed by atoms with Crippen molar-refractivity contribution in [3.63, 3.8) is 0 Å². The van der Waals surface area contributed by atoms with Crippen LogP contribution in [0.3, 0.4) is 0 Å². The number of likely N-dealkylation sites (tertiary alicyclic amines) is 1. The van der Waals surface area contributed by atoms with Crippen molar-refractivity contribution in [3.05, 3.63) is 197 Å².